The Morgan fingerprint density at radius 2 is 2.53 bits per heavy atom. The van der Waals surface area contributed by atoms with Gasteiger partial charge in [0, 0.05) is 12.8 Å². The normalized spacial score (nSPS) is 20.5. The molecule has 0 saturated carbocycles. The largest absolute Gasteiger partial charge is 0.480 e. The minimum Gasteiger partial charge on any atom is -0.480 e. The molecule has 0 bridgehead atoms. The van der Waals surface area contributed by atoms with Crippen molar-refractivity contribution in [2.45, 2.75) is 19.1 Å². The highest BCUT2D eigenvalue weighted by Crippen LogP contribution is 2.25. The first-order valence-corrected chi connectivity index (χ1v) is 5.46. The molecule has 1 aromatic rings. The first-order chi connectivity index (χ1) is 7.22. The molecule has 6 heteroatoms. The van der Waals surface area contributed by atoms with E-state index in [-0.39, 0.29) is 11.9 Å². The van der Waals surface area contributed by atoms with Crippen molar-refractivity contribution in [3.05, 3.63) is 21.2 Å². The Balaban J connectivity index is 2.40. The van der Waals surface area contributed by atoms with Crippen LogP contribution in [0.5, 0.6) is 5.88 Å². The molecule has 0 radical (unpaired) electrons. The van der Waals surface area contributed by atoms with E-state index in [0.717, 1.165) is 12.8 Å². The molecule has 1 aromatic heterocycles. The number of halogens is 1. The van der Waals surface area contributed by atoms with Gasteiger partial charge in [-0.25, -0.2) is 4.79 Å². The maximum atomic E-state index is 11.6. The van der Waals surface area contributed by atoms with Gasteiger partial charge in [0.2, 0.25) is 5.88 Å². The van der Waals surface area contributed by atoms with Gasteiger partial charge >= 0.3 is 5.69 Å². The van der Waals surface area contributed by atoms with Crippen molar-refractivity contribution < 1.29 is 9.47 Å². The minimum absolute atomic E-state index is 0.188. The summed E-state index contributed by atoms with van der Waals surface area (Å²) in [5.41, 5.74) is -0.345. The molecule has 1 aliphatic heterocycles. The Kier molecular flexibility index (Phi) is 3.06. The van der Waals surface area contributed by atoms with Gasteiger partial charge < -0.3 is 9.47 Å². The van der Waals surface area contributed by atoms with Gasteiger partial charge in [-0.05, 0) is 28.8 Å². The van der Waals surface area contributed by atoms with Crippen LogP contribution in [-0.4, -0.2) is 23.3 Å². The lowest BCUT2D eigenvalue weighted by molar-refractivity contribution is 0.0522. The number of ether oxygens (including phenoxy) is 2. The molecule has 5 nitrogen and oxygen atoms in total. The van der Waals surface area contributed by atoms with Crippen LogP contribution in [0.1, 0.15) is 19.1 Å². The van der Waals surface area contributed by atoms with Gasteiger partial charge in [-0.1, -0.05) is 0 Å². The summed E-state index contributed by atoms with van der Waals surface area (Å²) in [5, 5.41) is 0. The van der Waals surface area contributed by atoms with E-state index < -0.39 is 0 Å². The third-order valence-corrected chi connectivity index (χ3v) is 2.83. The van der Waals surface area contributed by atoms with E-state index in [0.29, 0.717) is 17.0 Å². The van der Waals surface area contributed by atoms with E-state index in [1.165, 1.54) is 11.7 Å². The summed E-state index contributed by atoms with van der Waals surface area (Å²) >= 11 is 3.29. The second kappa shape index (κ2) is 4.32. The number of nitrogens with zero attached hydrogens (tertiary/aromatic N) is 2. The summed E-state index contributed by atoms with van der Waals surface area (Å²) in [7, 11) is 1.48. The molecule has 0 aliphatic carbocycles. The van der Waals surface area contributed by atoms with Crippen molar-refractivity contribution in [2.75, 3.05) is 13.7 Å². The van der Waals surface area contributed by atoms with E-state index in [2.05, 4.69) is 20.9 Å². The predicted octanol–water partition coefficient (Wildman–Crippen LogP) is 1.32. The molecular formula is C9H11BrN2O3. The summed E-state index contributed by atoms with van der Waals surface area (Å²) in [6.07, 6.45) is 3.29. The lowest BCUT2D eigenvalue weighted by Crippen LogP contribution is -2.26. The van der Waals surface area contributed by atoms with Crippen molar-refractivity contribution in [3.8, 4) is 5.88 Å². The number of rotatable bonds is 2. The quantitative estimate of drug-likeness (QED) is 0.817. The van der Waals surface area contributed by atoms with Crippen LogP contribution in [0.25, 0.3) is 0 Å². The number of hydrogen-bond acceptors (Lipinski definition) is 4. The molecule has 0 aromatic carbocycles. The molecule has 1 saturated heterocycles. The molecule has 0 spiro atoms. The van der Waals surface area contributed by atoms with E-state index in [1.807, 2.05) is 0 Å². The van der Waals surface area contributed by atoms with Crippen LogP contribution >= 0.6 is 15.9 Å². The second-order valence-corrected chi connectivity index (χ2v) is 4.11. The molecule has 0 N–H and O–H groups in total. The van der Waals surface area contributed by atoms with Crippen LogP contribution in [0.3, 0.4) is 0 Å². The number of hydrogen-bond donors (Lipinski definition) is 0. The topological polar surface area (TPSA) is 53.3 Å². The average Bonchev–Trinajstić information content (AvgIpc) is 2.74. The zero-order valence-corrected chi connectivity index (χ0v) is 9.86. The summed E-state index contributed by atoms with van der Waals surface area (Å²) < 4.78 is 12.5. The molecule has 1 aliphatic rings. The lowest BCUT2D eigenvalue weighted by Gasteiger charge is -2.13. The fraction of sp³-hybridized carbons (Fsp3) is 0.556. The van der Waals surface area contributed by atoms with Crippen molar-refractivity contribution in [3.63, 3.8) is 0 Å². The Labute approximate surface area is 95.2 Å². The van der Waals surface area contributed by atoms with E-state index >= 15 is 0 Å². The fourth-order valence-corrected chi connectivity index (χ4v) is 2.03. The molecule has 1 atom stereocenters. The highest BCUT2D eigenvalue weighted by atomic mass is 79.9. The third kappa shape index (κ3) is 2.05. The summed E-state index contributed by atoms with van der Waals surface area (Å²) in [6.45, 7) is 0.695. The van der Waals surface area contributed by atoms with Gasteiger partial charge in [-0.2, -0.15) is 4.98 Å². The summed E-state index contributed by atoms with van der Waals surface area (Å²) in [4.78, 5) is 15.4. The monoisotopic (exact) mass is 274 g/mol. The standard InChI is InChI=1S/C9H11BrN2O3/c1-14-8-6(10)5-12(9(13)11-8)7-3-2-4-15-7/h5,7H,2-4H2,1H3. The molecule has 2 rings (SSSR count). The molecular weight excluding hydrogens is 264 g/mol. The van der Waals surface area contributed by atoms with Gasteiger partial charge in [-0.3, -0.25) is 4.57 Å². The first-order valence-electron chi connectivity index (χ1n) is 4.66. The Morgan fingerprint density at radius 1 is 1.73 bits per heavy atom. The smallest absolute Gasteiger partial charge is 0.353 e. The van der Waals surface area contributed by atoms with Gasteiger partial charge in [0.25, 0.3) is 0 Å². The fourth-order valence-electron chi connectivity index (χ4n) is 1.56. The zero-order valence-electron chi connectivity index (χ0n) is 8.27. The Hall–Kier alpha value is -0.880. The van der Waals surface area contributed by atoms with Crippen molar-refractivity contribution >= 4 is 15.9 Å². The van der Waals surface area contributed by atoms with Crippen LogP contribution in [0.15, 0.2) is 15.5 Å². The molecule has 2 heterocycles. The third-order valence-electron chi connectivity index (χ3n) is 2.28. The van der Waals surface area contributed by atoms with Crippen molar-refractivity contribution in [2.24, 2.45) is 0 Å². The minimum atomic E-state index is -0.345. The number of aromatic nitrogens is 2. The summed E-state index contributed by atoms with van der Waals surface area (Å²) in [6, 6.07) is 0. The lowest BCUT2D eigenvalue weighted by atomic mass is 10.3. The van der Waals surface area contributed by atoms with Crippen LogP contribution in [0.2, 0.25) is 0 Å². The SMILES string of the molecule is COc1nc(=O)n(C2CCCO2)cc1Br. The van der Waals surface area contributed by atoms with Gasteiger partial charge in [-0.15, -0.1) is 0 Å². The van der Waals surface area contributed by atoms with E-state index in [1.54, 1.807) is 6.20 Å². The maximum Gasteiger partial charge on any atom is 0.353 e. The highest BCUT2D eigenvalue weighted by molar-refractivity contribution is 9.10. The average molecular weight is 275 g/mol. The van der Waals surface area contributed by atoms with E-state index in [4.69, 9.17) is 9.47 Å². The van der Waals surface area contributed by atoms with Crippen LogP contribution < -0.4 is 10.4 Å². The van der Waals surface area contributed by atoms with Crippen molar-refractivity contribution in [1.82, 2.24) is 9.55 Å². The molecule has 1 unspecified atom stereocenters. The summed E-state index contributed by atoms with van der Waals surface area (Å²) in [5.74, 6) is 0.300. The zero-order chi connectivity index (χ0) is 10.8. The predicted molar refractivity (Wildman–Crippen MR) is 57.0 cm³/mol. The van der Waals surface area contributed by atoms with Crippen LogP contribution in [0, 0.1) is 0 Å². The first kappa shape index (κ1) is 10.6. The molecule has 82 valence electrons. The van der Waals surface area contributed by atoms with Crippen molar-refractivity contribution in [1.29, 1.82) is 0 Å². The van der Waals surface area contributed by atoms with E-state index in [9.17, 15) is 4.79 Å². The molecule has 1 fully saturated rings. The number of methoxy groups -OCH3 is 1. The maximum absolute atomic E-state index is 11.6. The Bertz CT molecular complexity index is 412. The van der Waals surface area contributed by atoms with Crippen LogP contribution in [0.4, 0.5) is 0 Å². The molecule has 0 amide bonds. The molecule has 15 heavy (non-hydrogen) atoms. The highest BCUT2D eigenvalue weighted by Gasteiger charge is 2.20. The second-order valence-electron chi connectivity index (χ2n) is 3.26. The van der Waals surface area contributed by atoms with Crippen LogP contribution in [-0.2, 0) is 4.74 Å². The van der Waals surface area contributed by atoms with Gasteiger partial charge in [0.05, 0.1) is 11.6 Å². The van der Waals surface area contributed by atoms with Gasteiger partial charge in [0.1, 0.15) is 6.23 Å². The Morgan fingerprint density at radius 3 is 3.13 bits per heavy atom. The van der Waals surface area contributed by atoms with Gasteiger partial charge in [0.15, 0.2) is 0 Å².